The number of aromatic nitrogens is 2. The Kier molecular flexibility index (Phi) is 2.25. The molecule has 2 nitrogen and oxygen atoms in total. The van der Waals surface area contributed by atoms with Crippen LogP contribution in [0.1, 0.15) is 12.1 Å². The Morgan fingerprint density at radius 3 is 2.93 bits per heavy atom. The molecule has 0 aliphatic heterocycles. The van der Waals surface area contributed by atoms with E-state index in [0.29, 0.717) is 15.5 Å². The van der Waals surface area contributed by atoms with Gasteiger partial charge in [-0.15, -0.1) is 0 Å². The predicted molar refractivity (Wildman–Crippen MR) is 51.9 cm³/mol. The number of aromatic amines is 1. The molecule has 2 aromatic heterocycles. The predicted octanol–water partition coefficient (Wildman–Crippen LogP) is 3.23. The number of halogens is 2. The van der Waals surface area contributed by atoms with Gasteiger partial charge in [-0.25, -0.2) is 8.78 Å². The molecule has 0 saturated heterocycles. The molecule has 0 aliphatic rings. The minimum atomic E-state index is -2.55. The molecule has 0 fully saturated rings. The van der Waals surface area contributed by atoms with Crippen LogP contribution in [-0.4, -0.2) is 9.97 Å². The van der Waals surface area contributed by atoms with E-state index >= 15 is 0 Å². The van der Waals surface area contributed by atoms with Gasteiger partial charge in [0.25, 0.3) is 6.43 Å². The molecule has 5 heteroatoms. The fourth-order valence-corrected chi connectivity index (χ4v) is 1.51. The minimum Gasteiger partial charge on any atom is -0.345 e. The van der Waals surface area contributed by atoms with E-state index in [1.807, 2.05) is 0 Å². The lowest BCUT2D eigenvalue weighted by molar-refractivity contribution is 0.146. The van der Waals surface area contributed by atoms with Crippen molar-refractivity contribution in [3.8, 4) is 0 Å². The molecule has 1 N–H and O–H groups in total. The highest BCUT2D eigenvalue weighted by Crippen LogP contribution is 2.20. The lowest BCUT2D eigenvalue weighted by Gasteiger charge is -2.02. The summed E-state index contributed by atoms with van der Waals surface area (Å²) in [6, 6.07) is 4.78. The van der Waals surface area contributed by atoms with Gasteiger partial charge in [0, 0.05) is 11.6 Å². The molecule has 0 spiro atoms. The first-order valence-electron chi connectivity index (χ1n) is 3.94. The van der Waals surface area contributed by atoms with Crippen molar-refractivity contribution in [2.75, 3.05) is 0 Å². The molecule has 2 heterocycles. The normalized spacial score (nSPS) is 11.1. The van der Waals surface area contributed by atoms with Crippen LogP contribution in [0.3, 0.4) is 0 Å². The molecular formula is C9H6F2N2S. The molecule has 2 rings (SSSR count). The maximum absolute atomic E-state index is 12.4. The number of pyridine rings is 2. The minimum absolute atomic E-state index is 0.193. The number of hydrogen-bond acceptors (Lipinski definition) is 2. The quantitative estimate of drug-likeness (QED) is 0.735. The van der Waals surface area contributed by atoms with Crippen molar-refractivity contribution in [3.05, 3.63) is 34.7 Å². The molecule has 0 radical (unpaired) electrons. The van der Waals surface area contributed by atoms with Crippen LogP contribution in [0.2, 0.25) is 0 Å². The van der Waals surface area contributed by atoms with E-state index in [-0.39, 0.29) is 5.69 Å². The fourth-order valence-electron chi connectivity index (χ4n) is 1.22. The summed E-state index contributed by atoms with van der Waals surface area (Å²) in [6.07, 6.45) is -1.00. The number of H-pyrrole nitrogens is 1. The molecule has 0 amide bonds. The summed E-state index contributed by atoms with van der Waals surface area (Å²) in [7, 11) is 0. The van der Waals surface area contributed by atoms with Crippen LogP contribution in [0.15, 0.2) is 24.4 Å². The lowest BCUT2D eigenvalue weighted by atomic mass is 10.2. The number of alkyl halides is 2. The third-order valence-corrected chi connectivity index (χ3v) is 2.19. The van der Waals surface area contributed by atoms with Crippen LogP contribution >= 0.6 is 12.2 Å². The fraction of sp³-hybridized carbons (Fsp3) is 0.111. The van der Waals surface area contributed by atoms with Gasteiger partial charge in [-0.1, -0.05) is 12.2 Å². The Labute approximate surface area is 83.6 Å². The molecule has 72 valence electrons. The summed E-state index contributed by atoms with van der Waals surface area (Å²) in [5.74, 6) is 0. The summed E-state index contributed by atoms with van der Waals surface area (Å²) in [6.45, 7) is 0. The lowest BCUT2D eigenvalue weighted by Crippen LogP contribution is -1.92. The second-order valence-corrected chi connectivity index (χ2v) is 3.20. The van der Waals surface area contributed by atoms with E-state index in [1.54, 1.807) is 18.3 Å². The number of nitrogens with one attached hydrogen (secondary N) is 1. The Morgan fingerprint density at radius 1 is 1.43 bits per heavy atom. The number of hydrogen-bond donors (Lipinski definition) is 1. The van der Waals surface area contributed by atoms with E-state index in [1.165, 1.54) is 6.07 Å². The van der Waals surface area contributed by atoms with Gasteiger partial charge in [-0.3, -0.25) is 4.98 Å². The van der Waals surface area contributed by atoms with Gasteiger partial charge < -0.3 is 4.98 Å². The molecule has 0 aliphatic carbocycles. The van der Waals surface area contributed by atoms with Crippen molar-refractivity contribution in [3.63, 3.8) is 0 Å². The summed E-state index contributed by atoms with van der Waals surface area (Å²) in [5, 5.41) is 0.687. The van der Waals surface area contributed by atoms with E-state index in [2.05, 4.69) is 9.97 Å². The first-order valence-corrected chi connectivity index (χ1v) is 4.35. The standard InChI is InChI=1S/C9H6F2N2S/c10-8(11)7-4-6-5(9(14)13-7)2-1-3-12-6/h1-4,8H,(H,13,14). The van der Waals surface area contributed by atoms with Crippen LogP contribution in [0.4, 0.5) is 8.78 Å². The van der Waals surface area contributed by atoms with Gasteiger partial charge in [-0.05, 0) is 18.2 Å². The second kappa shape index (κ2) is 3.42. The molecule has 2 aromatic rings. The monoisotopic (exact) mass is 212 g/mol. The average molecular weight is 212 g/mol. The van der Waals surface area contributed by atoms with Gasteiger partial charge in [0.05, 0.1) is 11.2 Å². The Balaban J connectivity index is 2.79. The molecular weight excluding hydrogens is 206 g/mol. The zero-order chi connectivity index (χ0) is 10.1. The molecule has 0 unspecified atom stereocenters. The largest absolute Gasteiger partial charge is 0.345 e. The topological polar surface area (TPSA) is 28.7 Å². The van der Waals surface area contributed by atoms with E-state index in [9.17, 15) is 8.78 Å². The first-order chi connectivity index (χ1) is 6.68. The van der Waals surface area contributed by atoms with Crippen molar-refractivity contribution >= 4 is 23.1 Å². The van der Waals surface area contributed by atoms with Gasteiger partial charge in [0.15, 0.2) is 0 Å². The van der Waals surface area contributed by atoms with Crippen molar-refractivity contribution in [1.82, 2.24) is 9.97 Å². The van der Waals surface area contributed by atoms with E-state index < -0.39 is 6.43 Å². The average Bonchev–Trinajstić information content (AvgIpc) is 2.17. The van der Waals surface area contributed by atoms with E-state index in [4.69, 9.17) is 12.2 Å². The van der Waals surface area contributed by atoms with Gasteiger partial charge in [-0.2, -0.15) is 0 Å². The van der Waals surface area contributed by atoms with Crippen LogP contribution in [0.25, 0.3) is 10.9 Å². The Bertz CT molecular complexity index is 521. The van der Waals surface area contributed by atoms with Gasteiger partial charge in [0.1, 0.15) is 4.64 Å². The summed E-state index contributed by atoms with van der Waals surface area (Å²) < 4.78 is 25.0. The van der Waals surface area contributed by atoms with Gasteiger partial charge >= 0.3 is 0 Å². The molecule has 14 heavy (non-hydrogen) atoms. The van der Waals surface area contributed by atoms with Crippen LogP contribution in [-0.2, 0) is 0 Å². The van der Waals surface area contributed by atoms with Crippen molar-refractivity contribution in [1.29, 1.82) is 0 Å². The Hall–Kier alpha value is -1.36. The smallest absolute Gasteiger partial charge is 0.278 e. The summed E-state index contributed by atoms with van der Waals surface area (Å²) in [4.78, 5) is 6.44. The van der Waals surface area contributed by atoms with Crippen molar-refractivity contribution in [2.24, 2.45) is 0 Å². The Morgan fingerprint density at radius 2 is 2.21 bits per heavy atom. The molecule has 0 atom stereocenters. The first kappa shape index (κ1) is 9.21. The number of rotatable bonds is 1. The second-order valence-electron chi connectivity index (χ2n) is 2.79. The highest BCUT2D eigenvalue weighted by atomic mass is 32.1. The zero-order valence-electron chi connectivity index (χ0n) is 7.00. The van der Waals surface area contributed by atoms with Gasteiger partial charge in [0.2, 0.25) is 0 Å². The molecule has 0 bridgehead atoms. The number of nitrogens with zero attached hydrogens (tertiary/aromatic N) is 1. The van der Waals surface area contributed by atoms with Crippen LogP contribution < -0.4 is 0 Å². The highest BCUT2D eigenvalue weighted by molar-refractivity contribution is 7.71. The maximum Gasteiger partial charge on any atom is 0.278 e. The zero-order valence-corrected chi connectivity index (χ0v) is 7.81. The van der Waals surface area contributed by atoms with Crippen LogP contribution in [0.5, 0.6) is 0 Å². The van der Waals surface area contributed by atoms with Crippen molar-refractivity contribution < 1.29 is 8.78 Å². The summed E-state index contributed by atoms with van der Waals surface area (Å²) >= 11 is 4.93. The highest BCUT2D eigenvalue weighted by Gasteiger charge is 2.09. The van der Waals surface area contributed by atoms with E-state index in [0.717, 1.165) is 0 Å². The third kappa shape index (κ3) is 1.50. The third-order valence-electron chi connectivity index (χ3n) is 1.87. The number of fused-ring (bicyclic) bond motifs is 1. The maximum atomic E-state index is 12.4. The molecule has 0 saturated carbocycles. The molecule has 0 aromatic carbocycles. The SMILES string of the molecule is FC(F)c1cc2ncccc2c(=S)[nH]1. The summed E-state index contributed by atoms with van der Waals surface area (Å²) in [5.41, 5.74) is 0.299. The van der Waals surface area contributed by atoms with Crippen LogP contribution in [0, 0.1) is 4.64 Å². The van der Waals surface area contributed by atoms with Crippen molar-refractivity contribution in [2.45, 2.75) is 6.43 Å².